The lowest BCUT2D eigenvalue weighted by Gasteiger charge is -2.10. The summed E-state index contributed by atoms with van der Waals surface area (Å²) >= 11 is 0. The molecule has 0 atom stereocenters. The molecule has 3 rings (SSSR count). The maximum absolute atomic E-state index is 12.2. The molecule has 0 aliphatic carbocycles. The number of aromatic nitrogens is 4. The van der Waals surface area contributed by atoms with Gasteiger partial charge in [-0.25, -0.2) is 4.98 Å². The van der Waals surface area contributed by atoms with E-state index >= 15 is 0 Å². The molecule has 1 aromatic carbocycles. The Bertz CT molecular complexity index is 852. The van der Waals surface area contributed by atoms with Crippen molar-refractivity contribution in [2.75, 3.05) is 11.9 Å². The van der Waals surface area contributed by atoms with Crippen molar-refractivity contribution in [3.8, 4) is 17.1 Å². The Balaban J connectivity index is 1.70. The highest BCUT2D eigenvalue weighted by atomic mass is 16.5. The molecule has 0 spiro atoms. The molecule has 3 aromatic rings. The van der Waals surface area contributed by atoms with Crippen LogP contribution in [-0.2, 0) is 11.8 Å². The largest absolute Gasteiger partial charge is 0.480 e. The number of aryl methyl sites for hydroxylation is 2. The van der Waals surface area contributed by atoms with Gasteiger partial charge in [-0.1, -0.05) is 12.1 Å². The second kappa shape index (κ2) is 6.57. The molecule has 2 N–H and O–H groups in total. The summed E-state index contributed by atoms with van der Waals surface area (Å²) in [5.41, 5.74) is 3.15. The van der Waals surface area contributed by atoms with Gasteiger partial charge in [-0.15, -0.1) is 0 Å². The van der Waals surface area contributed by atoms with Crippen LogP contribution in [0.1, 0.15) is 11.4 Å². The molecule has 0 saturated carbocycles. The summed E-state index contributed by atoms with van der Waals surface area (Å²) in [6, 6.07) is 7.48. The number of amides is 1. The van der Waals surface area contributed by atoms with Gasteiger partial charge in [0.15, 0.2) is 12.4 Å². The van der Waals surface area contributed by atoms with Crippen LogP contribution >= 0.6 is 0 Å². The van der Waals surface area contributed by atoms with Gasteiger partial charge in [0.1, 0.15) is 11.5 Å². The Morgan fingerprint density at radius 3 is 2.79 bits per heavy atom. The van der Waals surface area contributed by atoms with E-state index in [-0.39, 0.29) is 12.5 Å². The number of aromatic amines is 1. The zero-order chi connectivity index (χ0) is 17.1. The second-order valence-electron chi connectivity index (χ2n) is 5.44. The van der Waals surface area contributed by atoms with Crippen molar-refractivity contribution < 1.29 is 9.53 Å². The van der Waals surface area contributed by atoms with Crippen LogP contribution in [0.25, 0.3) is 11.4 Å². The minimum Gasteiger partial charge on any atom is -0.480 e. The monoisotopic (exact) mass is 325 g/mol. The smallest absolute Gasteiger partial charge is 0.262 e. The van der Waals surface area contributed by atoms with Crippen molar-refractivity contribution >= 4 is 11.6 Å². The van der Waals surface area contributed by atoms with Crippen LogP contribution in [0.2, 0.25) is 0 Å². The van der Waals surface area contributed by atoms with E-state index in [1.165, 1.54) is 0 Å². The van der Waals surface area contributed by atoms with Gasteiger partial charge in [-0.2, -0.15) is 5.10 Å². The van der Waals surface area contributed by atoms with E-state index in [0.717, 1.165) is 17.0 Å². The van der Waals surface area contributed by atoms with Crippen LogP contribution in [0.3, 0.4) is 0 Å². The molecular formula is C17H19N5O2. The van der Waals surface area contributed by atoms with Gasteiger partial charge >= 0.3 is 0 Å². The van der Waals surface area contributed by atoms with Crippen LogP contribution in [0.5, 0.6) is 5.75 Å². The van der Waals surface area contributed by atoms with Crippen LogP contribution in [-0.4, -0.2) is 32.3 Å². The molecule has 0 bridgehead atoms. The fourth-order valence-electron chi connectivity index (χ4n) is 2.50. The third kappa shape index (κ3) is 3.15. The maximum Gasteiger partial charge on any atom is 0.262 e. The summed E-state index contributed by atoms with van der Waals surface area (Å²) in [5, 5.41) is 7.13. The topological polar surface area (TPSA) is 84.8 Å². The van der Waals surface area contributed by atoms with Gasteiger partial charge in [0.05, 0.1) is 11.4 Å². The van der Waals surface area contributed by atoms with Crippen molar-refractivity contribution in [3.05, 3.63) is 48.0 Å². The van der Waals surface area contributed by atoms with Gasteiger partial charge in [0.2, 0.25) is 0 Å². The molecule has 0 radical (unpaired) electrons. The number of benzene rings is 1. The zero-order valence-corrected chi connectivity index (χ0v) is 13.8. The Morgan fingerprint density at radius 2 is 2.12 bits per heavy atom. The highest BCUT2D eigenvalue weighted by Gasteiger charge is 2.14. The Labute approximate surface area is 139 Å². The first-order chi connectivity index (χ1) is 11.6. The number of imidazole rings is 1. The molecule has 0 saturated heterocycles. The zero-order valence-electron chi connectivity index (χ0n) is 13.8. The average molecular weight is 325 g/mol. The predicted molar refractivity (Wildman–Crippen MR) is 90.8 cm³/mol. The highest BCUT2D eigenvalue weighted by molar-refractivity contribution is 5.95. The number of H-pyrrole nitrogens is 1. The fraction of sp³-hybridized carbons (Fsp3) is 0.235. The van der Waals surface area contributed by atoms with E-state index in [1.54, 1.807) is 17.1 Å². The lowest BCUT2D eigenvalue weighted by Crippen LogP contribution is -2.21. The number of hydrogen-bond donors (Lipinski definition) is 2. The number of carbonyl (C=O) groups is 1. The summed E-state index contributed by atoms with van der Waals surface area (Å²) in [6.45, 7) is 3.67. The van der Waals surface area contributed by atoms with Gasteiger partial charge in [-0.05, 0) is 26.0 Å². The van der Waals surface area contributed by atoms with Crippen molar-refractivity contribution in [1.29, 1.82) is 0 Å². The summed E-state index contributed by atoms with van der Waals surface area (Å²) in [4.78, 5) is 19.5. The lowest BCUT2D eigenvalue weighted by molar-refractivity contribution is -0.118. The van der Waals surface area contributed by atoms with E-state index < -0.39 is 0 Å². The van der Waals surface area contributed by atoms with Crippen molar-refractivity contribution in [2.24, 2.45) is 7.05 Å². The van der Waals surface area contributed by atoms with Crippen molar-refractivity contribution in [2.45, 2.75) is 13.8 Å². The molecule has 24 heavy (non-hydrogen) atoms. The van der Waals surface area contributed by atoms with E-state index in [9.17, 15) is 4.79 Å². The molecule has 2 aromatic heterocycles. The van der Waals surface area contributed by atoms with Gasteiger partial charge in [0.25, 0.3) is 5.91 Å². The minimum atomic E-state index is -0.239. The summed E-state index contributed by atoms with van der Waals surface area (Å²) in [6.07, 6.45) is 3.41. The predicted octanol–water partition coefficient (Wildman–Crippen LogP) is 2.44. The first-order valence-corrected chi connectivity index (χ1v) is 7.58. The van der Waals surface area contributed by atoms with E-state index in [0.29, 0.717) is 17.3 Å². The Kier molecular flexibility index (Phi) is 4.33. The van der Waals surface area contributed by atoms with Crippen LogP contribution in [0, 0.1) is 13.8 Å². The van der Waals surface area contributed by atoms with Crippen molar-refractivity contribution in [1.82, 2.24) is 19.7 Å². The SMILES string of the molecule is Cc1nn(C)c(C)c1OCC(=O)Nc1ccccc1-c1ncc[nH]1. The number of nitrogens with zero attached hydrogens (tertiary/aromatic N) is 3. The summed E-state index contributed by atoms with van der Waals surface area (Å²) < 4.78 is 7.37. The number of ether oxygens (including phenoxy) is 1. The molecule has 0 unspecified atom stereocenters. The number of anilines is 1. The first kappa shape index (κ1) is 15.8. The molecule has 124 valence electrons. The van der Waals surface area contributed by atoms with E-state index in [1.807, 2.05) is 45.2 Å². The molecule has 2 heterocycles. The van der Waals surface area contributed by atoms with Crippen LogP contribution in [0.4, 0.5) is 5.69 Å². The molecule has 0 aliphatic rings. The number of para-hydroxylation sites is 1. The maximum atomic E-state index is 12.2. The number of nitrogens with one attached hydrogen (secondary N) is 2. The molecule has 0 aliphatic heterocycles. The first-order valence-electron chi connectivity index (χ1n) is 7.58. The third-order valence-electron chi connectivity index (χ3n) is 3.74. The minimum absolute atomic E-state index is 0.0835. The van der Waals surface area contributed by atoms with Gasteiger partial charge < -0.3 is 15.0 Å². The molecule has 0 fully saturated rings. The van der Waals surface area contributed by atoms with Crippen LogP contribution in [0.15, 0.2) is 36.7 Å². The van der Waals surface area contributed by atoms with Crippen LogP contribution < -0.4 is 10.1 Å². The number of rotatable bonds is 5. The molecule has 7 nitrogen and oxygen atoms in total. The summed E-state index contributed by atoms with van der Waals surface area (Å²) in [5.74, 6) is 1.11. The number of hydrogen-bond acceptors (Lipinski definition) is 4. The van der Waals surface area contributed by atoms with E-state index in [2.05, 4.69) is 20.4 Å². The van der Waals surface area contributed by atoms with Crippen molar-refractivity contribution in [3.63, 3.8) is 0 Å². The molecule has 1 amide bonds. The third-order valence-corrected chi connectivity index (χ3v) is 3.74. The average Bonchev–Trinajstić information content (AvgIpc) is 3.16. The fourth-order valence-corrected chi connectivity index (χ4v) is 2.50. The quantitative estimate of drug-likeness (QED) is 0.754. The van der Waals surface area contributed by atoms with Gasteiger partial charge in [-0.3, -0.25) is 9.48 Å². The standard InChI is InChI=1S/C17H19N5O2/c1-11-16(12(2)22(3)21-11)24-10-15(23)20-14-7-5-4-6-13(14)17-18-8-9-19-17/h4-9H,10H2,1-3H3,(H,18,19)(H,20,23). The highest BCUT2D eigenvalue weighted by Crippen LogP contribution is 2.25. The second-order valence-corrected chi connectivity index (χ2v) is 5.44. The lowest BCUT2D eigenvalue weighted by atomic mass is 10.1. The number of carbonyl (C=O) groups excluding carboxylic acids is 1. The Hall–Kier alpha value is -3.09. The molecular weight excluding hydrogens is 306 g/mol. The molecule has 7 heteroatoms. The Morgan fingerprint density at radius 1 is 1.33 bits per heavy atom. The normalized spacial score (nSPS) is 10.6. The van der Waals surface area contributed by atoms with E-state index in [4.69, 9.17) is 4.74 Å². The van der Waals surface area contributed by atoms with Gasteiger partial charge in [0, 0.05) is 25.0 Å². The summed E-state index contributed by atoms with van der Waals surface area (Å²) in [7, 11) is 1.84.